The van der Waals surface area contributed by atoms with Gasteiger partial charge in [-0.15, -0.1) is 0 Å². The minimum absolute atomic E-state index is 0.628. The Morgan fingerprint density at radius 1 is 1.06 bits per heavy atom. The fourth-order valence-electron chi connectivity index (χ4n) is 1.41. The second-order valence-corrected chi connectivity index (χ2v) is 4.73. The molecule has 1 aromatic carbocycles. The van der Waals surface area contributed by atoms with Crippen LogP contribution in [0.3, 0.4) is 0 Å². The third kappa shape index (κ3) is 2.27. The maximum absolute atomic E-state index is 8.82. The van der Waals surface area contributed by atoms with Crippen molar-refractivity contribution in [3.05, 3.63) is 35.2 Å². The van der Waals surface area contributed by atoms with Gasteiger partial charge in [-0.3, -0.25) is 0 Å². The average Bonchev–Trinajstić information content (AvgIpc) is 2.36. The summed E-state index contributed by atoms with van der Waals surface area (Å²) in [5.41, 5.74) is 4.34. The molecule has 0 saturated heterocycles. The summed E-state index contributed by atoms with van der Waals surface area (Å²) in [6.45, 7) is 0. The number of benzene rings is 1. The third-order valence-corrected chi connectivity index (χ3v) is 3.65. The van der Waals surface area contributed by atoms with Gasteiger partial charge < -0.3 is 0 Å². The van der Waals surface area contributed by atoms with Crippen LogP contribution in [0.2, 0.25) is 0 Å². The molecule has 80 valence electrons. The van der Waals surface area contributed by atoms with Crippen LogP contribution in [-0.4, -0.2) is 9.97 Å². The Morgan fingerprint density at radius 2 is 1.69 bits per heavy atom. The Labute approximate surface area is 121 Å². The van der Waals surface area contributed by atoms with E-state index in [9.17, 15) is 0 Å². The first kappa shape index (κ1) is 12.0. The number of rotatable bonds is 2. The Hall–Kier alpha value is -0.490. The van der Waals surface area contributed by atoms with Gasteiger partial charge in [0.2, 0.25) is 0 Å². The highest BCUT2D eigenvalue weighted by molar-refractivity contribution is 14.1. The first-order valence-corrected chi connectivity index (χ1v) is 7.65. The lowest BCUT2D eigenvalue weighted by molar-refractivity contribution is 1.09. The lowest BCUT2D eigenvalue weighted by atomic mass is 10.2. The predicted molar refractivity (Wildman–Crippen MR) is 79.7 cm³/mol. The zero-order valence-corrected chi connectivity index (χ0v) is 12.6. The molecule has 2 aromatic rings. The van der Waals surface area contributed by atoms with E-state index in [-0.39, 0.29) is 0 Å². The summed E-state index contributed by atoms with van der Waals surface area (Å²) in [4.78, 5) is 9.10. The number of hydrogen-bond acceptors (Lipinski definition) is 3. The normalized spacial score (nSPS) is 10.3. The van der Waals surface area contributed by atoms with Gasteiger partial charge in [0.15, 0.2) is 0 Å². The van der Waals surface area contributed by atoms with Gasteiger partial charge >= 0.3 is 0 Å². The molecule has 0 unspecified atom stereocenters. The summed E-state index contributed by atoms with van der Waals surface area (Å²) in [5.74, 6) is 0. The molecule has 16 heavy (non-hydrogen) atoms. The predicted octanol–water partition coefficient (Wildman–Crippen LogP) is 3.37. The molecule has 0 saturated carbocycles. The first-order chi connectivity index (χ1) is 7.78. The van der Waals surface area contributed by atoms with Crippen molar-refractivity contribution >= 4 is 56.2 Å². The van der Waals surface area contributed by atoms with Crippen molar-refractivity contribution in [2.45, 2.75) is 8.86 Å². The van der Waals surface area contributed by atoms with Gasteiger partial charge in [0.1, 0.15) is 0 Å². The molecule has 1 aromatic heterocycles. The summed E-state index contributed by atoms with van der Waals surface area (Å²) in [7, 11) is 0. The molecule has 2 rings (SSSR count). The molecule has 3 nitrogen and oxygen atoms in total. The Kier molecular flexibility index (Phi) is 3.91. The van der Waals surface area contributed by atoms with Gasteiger partial charge in [-0.05, 0) is 18.2 Å². The Balaban J connectivity index is 2.69. The second kappa shape index (κ2) is 5.23. The largest absolute Gasteiger partial charge is 0.248 e. The van der Waals surface area contributed by atoms with E-state index < -0.39 is 0 Å². The van der Waals surface area contributed by atoms with Crippen molar-refractivity contribution in [1.82, 2.24) is 9.97 Å². The van der Waals surface area contributed by atoms with Crippen molar-refractivity contribution in [3.8, 4) is 6.07 Å². The van der Waals surface area contributed by atoms with Crippen LogP contribution in [0.15, 0.2) is 18.2 Å². The van der Waals surface area contributed by atoms with Crippen LogP contribution in [0.5, 0.6) is 0 Å². The van der Waals surface area contributed by atoms with Crippen molar-refractivity contribution in [1.29, 1.82) is 5.26 Å². The highest BCUT2D eigenvalue weighted by Crippen LogP contribution is 2.18. The molecule has 0 radical (unpaired) electrons. The maximum Gasteiger partial charge on any atom is 0.0992 e. The molecule has 0 N–H and O–H groups in total. The summed E-state index contributed by atoms with van der Waals surface area (Å²) in [6.07, 6.45) is 0. The summed E-state index contributed by atoms with van der Waals surface area (Å²) in [6, 6.07) is 7.53. The number of nitrogens with zero attached hydrogens (tertiary/aromatic N) is 3. The van der Waals surface area contributed by atoms with Crippen LogP contribution in [0.25, 0.3) is 11.0 Å². The van der Waals surface area contributed by atoms with Gasteiger partial charge in [0.25, 0.3) is 0 Å². The van der Waals surface area contributed by atoms with Crippen molar-refractivity contribution in [2.24, 2.45) is 0 Å². The molecule has 5 heteroatoms. The van der Waals surface area contributed by atoms with Crippen LogP contribution in [0.1, 0.15) is 17.0 Å². The summed E-state index contributed by atoms with van der Waals surface area (Å²) in [5, 5.41) is 8.82. The zero-order chi connectivity index (χ0) is 11.5. The minimum Gasteiger partial charge on any atom is -0.248 e. The number of halogens is 2. The van der Waals surface area contributed by atoms with Crippen molar-refractivity contribution < 1.29 is 0 Å². The Bertz CT molecular complexity index is 575. The van der Waals surface area contributed by atoms with E-state index in [0.717, 1.165) is 31.3 Å². The lowest BCUT2D eigenvalue weighted by Gasteiger charge is -2.05. The van der Waals surface area contributed by atoms with Crippen LogP contribution < -0.4 is 0 Å². The molecule has 0 aliphatic carbocycles. The highest BCUT2D eigenvalue weighted by atomic mass is 127. The molecule has 0 aliphatic rings. The van der Waals surface area contributed by atoms with Gasteiger partial charge in [0.05, 0.1) is 34.1 Å². The quantitative estimate of drug-likeness (QED) is 0.537. The number of fused-ring (bicyclic) bond motifs is 1. The van der Waals surface area contributed by atoms with Gasteiger partial charge in [-0.2, -0.15) is 5.26 Å². The summed E-state index contributed by atoms with van der Waals surface area (Å²) < 4.78 is 1.70. The van der Waals surface area contributed by atoms with E-state index in [1.54, 1.807) is 12.1 Å². The minimum atomic E-state index is 0.628. The molecule has 0 atom stereocenters. The maximum atomic E-state index is 8.82. The van der Waals surface area contributed by atoms with Gasteiger partial charge in [0, 0.05) is 8.86 Å². The molecule has 0 aliphatic heterocycles. The smallest absolute Gasteiger partial charge is 0.0992 e. The van der Waals surface area contributed by atoms with Crippen LogP contribution in [0, 0.1) is 11.3 Å². The zero-order valence-electron chi connectivity index (χ0n) is 8.24. The second-order valence-electron chi connectivity index (χ2n) is 3.20. The molecule has 0 bridgehead atoms. The summed E-state index contributed by atoms with van der Waals surface area (Å²) >= 11 is 4.57. The van der Waals surface area contributed by atoms with E-state index in [0.29, 0.717) is 5.56 Å². The van der Waals surface area contributed by atoms with Crippen molar-refractivity contribution in [2.75, 3.05) is 0 Å². The number of aromatic nitrogens is 2. The fourth-order valence-corrected chi connectivity index (χ4v) is 2.63. The molecule has 0 spiro atoms. The average molecular weight is 435 g/mol. The molecule has 0 amide bonds. The van der Waals surface area contributed by atoms with E-state index in [1.807, 2.05) is 6.07 Å². The van der Waals surface area contributed by atoms with Gasteiger partial charge in [-0.1, -0.05) is 45.2 Å². The first-order valence-electron chi connectivity index (χ1n) is 4.60. The number of hydrogen-bond donors (Lipinski definition) is 0. The monoisotopic (exact) mass is 435 g/mol. The van der Waals surface area contributed by atoms with E-state index in [2.05, 4.69) is 61.2 Å². The Morgan fingerprint density at radius 3 is 2.25 bits per heavy atom. The third-order valence-electron chi connectivity index (χ3n) is 2.20. The highest BCUT2D eigenvalue weighted by Gasteiger charge is 2.07. The number of nitriles is 1. The van der Waals surface area contributed by atoms with Gasteiger partial charge in [-0.25, -0.2) is 9.97 Å². The molecular formula is C11H7I2N3. The fraction of sp³-hybridized carbons (Fsp3) is 0.182. The lowest BCUT2D eigenvalue weighted by Crippen LogP contribution is -1.98. The van der Waals surface area contributed by atoms with E-state index in [4.69, 9.17) is 5.26 Å². The van der Waals surface area contributed by atoms with E-state index >= 15 is 0 Å². The standard InChI is InChI=1S/C11H7I2N3/c12-4-10-11(5-13)16-9-3-7(6-14)1-2-8(9)15-10/h1-3H,4-5H2. The number of alkyl halides is 2. The van der Waals surface area contributed by atoms with Crippen LogP contribution in [0.4, 0.5) is 0 Å². The SMILES string of the molecule is N#Cc1ccc2nc(CI)c(CI)nc2c1. The van der Waals surface area contributed by atoms with Crippen molar-refractivity contribution in [3.63, 3.8) is 0 Å². The molecule has 0 fully saturated rings. The molecular weight excluding hydrogens is 428 g/mol. The van der Waals surface area contributed by atoms with E-state index in [1.165, 1.54) is 0 Å². The van der Waals surface area contributed by atoms with Crippen LogP contribution in [-0.2, 0) is 8.86 Å². The molecule has 1 heterocycles. The van der Waals surface area contributed by atoms with Crippen LogP contribution >= 0.6 is 45.2 Å². The topological polar surface area (TPSA) is 49.6 Å².